The molecule has 164 valence electrons. The van der Waals surface area contributed by atoms with Crippen LogP contribution in [-0.2, 0) is 11.2 Å². The van der Waals surface area contributed by atoms with Crippen LogP contribution in [0.5, 0.6) is 0 Å². The number of rotatable bonds is 4. The van der Waals surface area contributed by atoms with Crippen molar-refractivity contribution in [2.24, 2.45) is 5.41 Å². The highest BCUT2D eigenvalue weighted by molar-refractivity contribution is 6.30. The van der Waals surface area contributed by atoms with Crippen LogP contribution in [0.25, 0.3) is 11.3 Å². The molecule has 1 spiro atoms. The third kappa shape index (κ3) is 4.52. The van der Waals surface area contributed by atoms with E-state index in [4.69, 9.17) is 16.3 Å². The van der Waals surface area contributed by atoms with Crippen molar-refractivity contribution in [1.82, 2.24) is 19.9 Å². The summed E-state index contributed by atoms with van der Waals surface area (Å²) in [6.45, 7) is 2.28. The second-order valence-corrected chi connectivity index (χ2v) is 9.25. The lowest BCUT2D eigenvalue weighted by molar-refractivity contribution is 0.0496. The minimum atomic E-state index is 0.0528. The molecule has 5 rings (SSSR count). The first-order valence-electron chi connectivity index (χ1n) is 11.0. The fourth-order valence-corrected chi connectivity index (χ4v) is 4.90. The predicted molar refractivity (Wildman–Crippen MR) is 122 cm³/mol. The molecule has 0 saturated carbocycles. The van der Waals surface area contributed by atoms with Gasteiger partial charge in [0.25, 0.3) is 5.91 Å². The van der Waals surface area contributed by atoms with Gasteiger partial charge < -0.3 is 9.64 Å². The molecule has 0 N–H and O–H groups in total. The molecular weight excluding hydrogens is 424 g/mol. The van der Waals surface area contributed by atoms with Crippen LogP contribution in [0.4, 0.5) is 0 Å². The van der Waals surface area contributed by atoms with E-state index in [-0.39, 0.29) is 17.4 Å². The Morgan fingerprint density at radius 2 is 1.88 bits per heavy atom. The molecule has 6 nitrogen and oxygen atoms in total. The summed E-state index contributed by atoms with van der Waals surface area (Å²) in [5.74, 6) is 0.0528. The van der Waals surface area contributed by atoms with Crippen molar-refractivity contribution in [3.8, 4) is 11.3 Å². The molecule has 32 heavy (non-hydrogen) atoms. The van der Waals surface area contributed by atoms with Crippen LogP contribution < -0.4 is 0 Å². The Kier molecular flexibility index (Phi) is 5.89. The highest BCUT2D eigenvalue weighted by Gasteiger charge is 2.43. The molecule has 0 radical (unpaired) electrons. The highest BCUT2D eigenvalue weighted by atomic mass is 35.5. The SMILES string of the molecule is O=C(c1ccnc(-c2cncnc2)c1)N1CCC2(CC1)CO[C@@H](Cc1ccc(Cl)cc1)C2. The van der Waals surface area contributed by atoms with Crippen molar-refractivity contribution in [2.45, 2.75) is 31.8 Å². The van der Waals surface area contributed by atoms with E-state index in [2.05, 4.69) is 27.1 Å². The number of pyridine rings is 1. The normalized spacial score (nSPS) is 19.9. The first-order valence-corrected chi connectivity index (χ1v) is 11.3. The zero-order chi connectivity index (χ0) is 22.0. The molecule has 0 bridgehead atoms. The quantitative estimate of drug-likeness (QED) is 0.590. The molecule has 2 saturated heterocycles. The standard InChI is InChI=1S/C25H25ClN4O2/c26-21-3-1-18(2-4-21)11-22-13-25(16-32-22)6-9-30(10-7-25)24(31)19-5-8-29-23(12-19)20-14-27-17-28-15-20/h1-5,8,12,14-15,17,22H,6-7,9-11,13,16H2/t22-/m0/s1. The predicted octanol–water partition coefficient (Wildman–Crippen LogP) is 4.45. The van der Waals surface area contributed by atoms with Crippen LogP contribution >= 0.6 is 11.6 Å². The minimum absolute atomic E-state index is 0.0528. The Labute approximate surface area is 192 Å². The van der Waals surface area contributed by atoms with Gasteiger partial charge in [-0.2, -0.15) is 0 Å². The summed E-state index contributed by atoms with van der Waals surface area (Å²) in [6, 6.07) is 11.6. The van der Waals surface area contributed by atoms with Gasteiger partial charge in [-0.1, -0.05) is 23.7 Å². The summed E-state index contributed by atoms with van der Waals surface area (Å²) in [5.41, 5.74) is 3.59. The molecule has 3 aromatic rings. The fourth-order valence-electron chi connectivity index (χ4n) is 4.78. The van der Waals surface area contributed by atoms with E-state index in [1.807, 2.05) is 23.1 Å². The first-order chi connectivity index (χ1) is 15.6. The van der Waals surface area contributed by atoms with E-state index in [0.717, 1.165) is 56.0 Å². The van der Waals surface area contributed by atoms with E-state index in [0.29, 0.717) is 11.3 Å². The lowest BCUT2D eigenvalue weighted by Gasteiger charge is -2.38. The Hall–Kier alpha value is -2.83. The average molecular weight is 449 g/mol. The van der Waals surface area contributed by atoms with Gasteiger partial charge in [0, 0.05) is 47.8 Å². The summed E-state index contributed by atoms with van der Waals surface area (Å²) in [4.78, 5) is 27.5. The van der Waals surface area contributed by atoms with Crippen molar-refractivity contribution in [3.63, 3.8) is 0 Å². The molecular formula is C25H25ClN4O2. The second-order valence-electron chi connectivity index (χ2n) is 8.82. The molecule has 7 heteroatoms. The molecule has 2 fully saturated rings. The van der Waals surface area contributed by atoms with Gasteiger partial charge in [-0.25, -0.2) is 9.97 Å². The summed E-state index contributed by atoms with van der Waals surface area (Å²) < 4.78 is 6.17. The van der Waals surface area contributed by atoms with E-state index in [1.165, 1.54) is 11.9 Å². The number of nitrogens with zero attached hydrogens (tertiary/aromatic N) is 4. The fraction of sp³-hybridized carbons (Fsp3) is 0.360. The number of ether oxygens (including phenoxy) is 1. The third-order valence-electron chi connectivity index (χ3n) is 6.64. The number of hydrogen-bond donors (Lipinski definition) is 0. The van der Waals surface area contributed by atoms with Gasteiger partial charge in [-0.05, 0) is 60.9 Å². The number of amides is 1. The van der Waals surface area contributed by atoms with Gasteiger partial charge in [0.05, 0.1) is 18.4 Å². The van der Waals surface area contributed by atoms with Crippen LogP contribution in [0.3, 0.4) is 0 Å². The smallest absolute Gasteiger partial charge is 0.253 e. The number of hydrogen-bond acceptors (Lipinski definition) is 5. The van der Waals surface area contributed by atoms with Gasteiger partial charge in [0.2, 0.25) is 0 Å². The number of carbonyl (C=O) groups is 1. The number of benzene rings is 1. The van der Waals surface area contributed by atoms with Crippen molar-refractivity contribution in [1.29, 1.82) is 0 Å². The van der Waals surface area contributed by atoms with Gasteiger partial charge in [-0.3, -0.25) is 9.78 Å². The molecule has 0 aliphatic carbocycles. The minimum Gasteiger partial charge on any atom is -0.377 e. The molecule has 1 aromatic carbocycles. The van der Waals surface area contributed by atoms with Gasteiger partial charge >= 0.3 is 0 Å². The second kappa shape index (κ2) is 8.96. The summed E-state index contributed by atoms with van der Waals surface area (Å²) >= 11 is 6.00. The molecule has 2 aliphatic rings. The van der Waals surface area contributed by atoms with E-state index >= 15 is 0 Å². The maximum absolute atomic E-state index is 13.1. The molecule has 2 aliphatic heterocycles. The maximum Gasteiger partial charge on any atom is 0.253 e. The van der Waals surface area contributed by atoms with Crippen molar-refractivity contribution < 1.29 is 9.53 Å². The third-order valence-corrected chi connectivity index (χ3v) is 6.89. The van der Waals surface area contributed by atoms with Crippen molar-refractivity contribution in [3.05, 3.63) is 77.5 Å². The van der Waals surface area contributed by atoms with Crippen LogP contribution in [0.2, 0.25) is 5.02 Å². The lowest BCUT2D eigenvalue weighted by Crippen LogP contribution is -2.43. The van der Waals surface area contributed by atoms with E-state index < -0.39 is 0 Å². The molecule has 0 unspecified atom stereocenters. The van der Waals surface area contributed by atoms with Gasteiger partial charge in [-0.15, -0.1) is 0 Å². The Balaban J connectivity index is 1.20. The summed E-state index contributed by atoms with van der Waals surface area (Å²) in [5, 5.41) is 0.757. The zero-order valence-electron chi connectivity index (χ0n) is 17.8. The maximum atomic E-state index is 13.1. The first kappa shape index (κ1) is 21.0. The van der Waals surface area contributed by atoms with Crippen molar-refractivity contribution in [2.75, 3.05) is 19.7 Å². The van der Waals surface area contributed by atoms with Gasteiger partial charge in [0.15, 0.2) is 0 Å². The van der Waals surface area contributed by atoms with Crippen LogP contribution in [0, 0.1) is 5.41 Å². The molecule has 4 heterocycles. The molecule has 1 amide bonds. The van der Waals surface area contributed by atoms with E-state index in [1.54, 1.807) is 24.7 Å². The van der Waals surface area contributed by atoms with Crippen LogP contribution in [-0.4, -0.2) is 51.6 Å². The topological polar surface area (TPSA) is 68.2 Å². The van der Waals surface area contributed by atoms with Crippen LogP contribution in [0.15, 0.2) is 61.3 Å². The number of likely N-dealkylation sites (tertiary alicyclic amines) is 1. The number of halogens is 1. The molecule has 2 aromatic heterocycles. The van der Waals surface area contributed by atoms with Gasteiger partial charge in [0.1, 0.15) is 6.33 Å². The Morgan fingerprint density at radius 3 is 2.62 bits per heavy atom. The Bertz CT molecular complexity index is 1080. The number of aromatic nitrogens is 3. The lowest BCUT2D eigenvalue weighted by atomic mass is 9.76. The summed E-state index contributed by atoms with van der Waals surface area (Å²) in [7, 11) is 0. The largest absolute Gasteiger partial charge is 0.377 e. The monoisotopic (exact) mass is 448 g/mol. The van der Waals surface area contributed by atoms with Crippen molar-refractivity contribution >= 4 is 17.5 Å². The highest BCUT2D eigenvalue weighted by Crippen LogP contribution is 2.43. The number of piperidine rings is 1. The average Bonchev–Trinajstić information content (AvgIpc) is 3.23. The van der Waals surface area contributed by atoms with E-state index in [9.17, 15) is 4.79 Å². The summed E-state index contributed by atoms with van der Waals surface area (Å²) in [6.07, 6.45) is 10.7. The molecule has 1 atom stereocenters. The van der Waals surface area contributed by atoms with Crippen LogP contribution in [0.1, 0.15) is 35.2 Å². The number of carbonyl (C=O) groups excluding carboxylic acids is 1. The Morgan fingerprint density at radius 1 is 1.12 bits per heavy atom. The zero-order valence-corrected chi connectivity index (χ0v) is 18.5.